The quantitative estimate of drug-likeness (QED) is 0.757. The molecular weight excluding hydrogens is 368 g/mol. The zero-order chi connectivity index (χ0) is 20.2. The maximum Gasteiger partial charge on any atom is 0.261 e. The van der Waals surface area contributed by atoms with Gasteiger partial charge in [-0.1, -0.05) is 81.4 Å². The van der Waals surface area contributed by atoms with E-state index in [1.807, 2.05) is 12.1 Å². The van der Waals surface area contributed by atoms with Crippen molar-refractivity contribution >= 4 is 18.7 Å². The lowest BCUT2D eigenvalue weighted by Gasteiger charge is -2.47. The van der Waals surface area contributed by atoms with Crippen LogP contribution in [0.3, 0.4) is 0 Å². The molecule has 1 heterocycles. The molecule has 28 heavy (non-hydrogen) atoms. The lowest BCUT2D eigenvalue weighted by Crippen LogP contribution is -2.68. The smallest absolute Gasteiger partial charge is 0.261 e. The Balaban J connectivity index is 2.08. The summed E-state index contributed by atoms with van der Waals surface area (Å²) in [5, 5.41) is 12.1. The van der Waals surface area contributed by atoms with Crippen LogP contribution in [0.2, 0.25) is 5.04 Å². The minimum absolute atomic E-state index is 0.0273. The Labute approximate surface area is 169 Å². The van der Waals surface area contributed by atoms with Crippen molar-refractivity contribution in [1.82, 2.24) is 0 Å². The molecule has 4 nitrogen and oxygen atoms in total. The minimum atomic E-state index is -2.61. The third-order valence-electron chi connectivity index (χ3n) is 5.55. The topological polar surface area (TPSA) is 47.9 Å². The van der Waals surface area contributed by atoms with Crippen molar-refractivity contribution in [2.75, 3.05) is 13.7 Å². The molecule has 0 bridgehead atoms. The Hall–Kier alpha value is -1.50. The fraction of sp³-hybridized carbons (Fsp3) is 0.478. The van der Waals surface area contributed by atoms with Crippen molar-refractivity contribution in [3.63, 3.8) is 0 Å². The number of aliphatic hydroxyl groups is 1. The fourth-order valence-electron chi connectivity index (χ4n) is 4.24. The maximum atomic E-state index is 9.69. The van der Waals surface area contributed by atoms with Crippen LogP contribution in [-0.4, -0.2) is 45.6 Å². The summed E-state index contributed by atoms with van der Waals surface area (Å²) in [4.78, 5) is 0. The first kappa shape index (κ1) is 21.2. The first-order valence-corrected chi connectivity index (χ1v) is 11.9. The van der Waals surface area contributed by atoms with Gasteiger partial charge in [-0.2, -0.15) is 0 Å². The molecule has 3 atom stereocenters. The Morgan fingerprint density at radius 1 is 0.964 bits per heavy atom. The maximum absolute atomic E-state index is 9.69. The molecule has 0 radical (unpaired) electrons. The number of aliphatic hydroxyl groups excluding tert-OH is 1. The number of hydrogen-bond acceptors (Lipinski definition) is 4. The van der Waals surface area contributed by atoms with Crippen molar-refractivity contribution in [2.24, 2.45) is 0 Å². The van der Waals surface area contributed by atoms with E-state index in [1.54, 1.807) is 7.11 Å². The van der Waals surface area contributed by atoms with Gasteiger partial charge in [-0.25, -0.2) is 0 Å². The summed E-state index contributed by atoms with van der Waals surface area (Å²) in [6.45, 7) is 6.79. The molecule has 3 unspecified atom stereocenters. The van der Waals surface area contributed by atoms with Gasteiger partial charge in [-0.15, -0.1) is 0 Å². The zero-order valence-corrected chi connectivity index (χ0v) is 18.3. The Kier molecular flexibility index (Phi) is 6.73. The van der Waals surface area contributed by atoms with E-state index in [-0.39, 0.29) is 30.1 Å². The van der Waals surface area contributed by atoms with Crippen molar-refractivity contribution in [1.29, 1.82) is 0 Å². The van der Waals surface area contributed by atoms with Gasteiger partial charge in [0.1, 0.15) is 0 Å². The highest BCUT2D eigenvalue weighted by molar-refractivity contribution is 6.99. The Bertz CT molecular complexity index is 678. The molecule has 152 valence electrons. The number of hydrogen-bond donors (Lipinski definition) is 1. The predicted octanol–water partition coefficient (Wildman–Crippen LogP) is 3.08. The molecule has 1 fully saturated rings. The van der Waals surface area contributed by atoms with Crippen molar-refractivity contribution in [3.8, 4) is 0 Å². The van der Waals surface area contributed by atoms with E-state index < -0.39 is 8.32 Å². The molecule has 1 N–H and O–H groups in total. The lowest BCUT2D eigenvalue weighted by atomic mass is 10.1. The van der Waals surface area contributed by atoms with Gasteiger partial charge >= 0.3 is 0 Å². The van der Waals surface area contributed by atoms with Crippen LogP contribution < -0.4 is 10.4 Å². The van der Waals surface area contributed by atoms with Gasteiger partial charge in [-0.3, -0.25) is 0 Å². The molecule has 0 aliphatic carbocycles. The standard InChI is InChI=1S/C23H32O4Si/c1-23(2,3)28(20-11-7-5-8-12-20,21-13-9-6-10-14-21)27-18-15-19(17-24)26-22(16-18)25-4/h5-14,18-19,22,24H,15-17H2,1-4H3. The third-order valence-corrected chi connectivity index (χ3v) is 10.6. The minimum Gasteiger partial charge on any atom is -0.404 e. The van der Waals surface area contributed by atoms with E-state index in [9.17, 15) is 5.11 Å². The summed E-state index contributed by atoms with van der Waals surface area (Å²) in [5.74, 6) is 0. The second-order valence-corrected chi connectivity index (χ2v) is 12.7. The molecule has 3 rings (SSSR count). The van der Waals surface area contributed by atoms with E-state index in [0.29, 0.717) is 12.8 Å². The van der Waals surface area contributed by atoms with E-state index in [1.165, 1.54) is 10.4 Å². The molecular formula is C23H32O4Si. The monoisotopic (exact) mass is 400 g/mol. The molecule has 2 aromatic carbocycles. The van der Waals surface area contributed by atoms with E-state index in [0.717, 1.165) is 0 Å². The highest BCUT2D eigenvalue weighted by Gasteiger charge is 2.52. The molecule has 5 heteroatoms. The van der Waals surface area contributed by atoms with Crippen LogP contribution >= 0.6 is 0 Å². The summed E-state index contributed by atoms with van der Waals surface area (Å²) in [6.07, 6.45) is 0.677. The molecule has 0 spiro atoms. The molecule has 0 amide bonds. The zero-order valence-electron chi connectivity index (χ0n) is 17.3. The van der Waals surface area contributed by atoms with Crippen LogP contribution in [0.4, 0.5) is 0 Å². The second-order valence-electron chi connectivity index (χ2n) is 8.48. The summed E-state index contributed by atoms with van der Waals surface area (Å²) in [7, 11) is -0.971. The Morgan fingerprint density at radius 3 is 1.93 bits per heavy atom. The average Bonchev–Trinajstić information content (AvgIpc) is 2.72. The largest absolute Gasteiger partial charge is 0.404 e. The molecule has 0 aromatic heterocycles. The predicted molar refractivity (Wildman–Crippen MR) is 114 cm³/mol. The fourth-order valence-corrected chi connectivity index (χ4v) is 8.94. The van der Waals surface area contributed by atoms with Gasteiger partial charge in [0, 0.05) is 20.0 Å². The third kappa shape index (κ3) is 4.24. The Morgan fingerprint density at radius 2 is 1.50 bits per heavy atom. The number of methoxy groups -OCH3 is 1. The highest BCUT2D eigenvalue weighted by Crippen LogP contribution is 2.39. The van der Waals surface area contributed by atoms with Gasteiger partial charge < -0.3 is 19.0 Å². The molecule has 2 aromatic rings. The van der Waals surface area contributed by atoms with Crippen LogP contribution in [0.15, 0.2) is 60.7 Å². The normalized spacial score (nSPS) is 23.5. The van der Waals surface area contributed by atoms with Gasteiger partial charge in [0.05, 0.1) is 18.8 Å². The molecule has 1 aliphatic heterocycles. The van der Waals surface area contributed by atoms with Crippen LogP contribution in [0.5, 0.6) is 0 Å². The average molecular weight is 401 g/mol. The molecule has 1 saturated heterocycles. The van der Waals surface area contributed by atoms with Crippen LogP contribution in [0.1, 0.15) is 33.6 Å². The first-order chi connectivity index (χ1) is 13.4. The van der Waals surface area contributed by atoms with Crippen LogP contribution in [0.25, 0.3) is 0 Å². The summed E-state index contributed by atoms with van der Waals surface area (Å²) >= 11 is 0. The summed E-state index contributed by atoms with van der Waals surface area (Å²) in [5.41, 5.74) is 0. The SMILES string of the molecule is COC1CC(O[Si](c2ccccc2)(c2ccccc2)C(C)(C)C)CC(CO)O1. The number of ether oxygens (including phenoxy) is 2. The van der Waals surface area contributed by atoms with Gasteiger partial charge in [0.25, 0.3) is 8.32 Å². The first-order valence-electron chi connectivity index (χ1n) is 9.98. The summed E-state index contributed by atoms with van der Waals surface area (Å²) < 4.78 is 18.4. The van der Waals surface area contributed by atoms with Crippen molar-refractivity contribution < 1.29 is 19.0 Å². The van der Waals surface area contributed by atoms with Crippen molar-refractivity contribution in [3.05, 3.63) is 60.7 Å². The van der Waals surface area contributed by atoms with Gasteiger partial charge in [-0.05, 0) is 15.4 Å². The molecule has 1 aliphatic rings. The summed E-state index contributed by atoms with van der Waals surface area (Å²) in [6, 6.07) is 21.2. The van der Waals surface area contributed by atoms with Crippen molar-refractivity contribution in [2.45, 2.75) is 57.1 Å². The molecule has 0 saturated carbocycles. The van der Waals surface area contributed by atoms with Crippen LogP contribution in [-0.2, 0) is 13.9 Å². The lowest BCUT2D eigenvalue weighted by molar-refractivity contribution is -0.208. The number of benzene rings is 2. The highest BCUT2D eigenvalue weighted by atomic mass is 28.4. The van der Waals surface area contributed by atoms with E-state index >= 15 is 0 Å². The van der Waals surface area contributed by atoms with Gasteiger partial charge in [0.2, 0.25) is 0 Å². The van der Waals surface area contributed by atoms with E-state index in [4.69, 9.17) is 13.9 Å². The van der Waals surface area contributed by atoms with E-state index in [2.05, 4.69) is 69.3 Å². The number of rotatable bonds is 6. The second kappa shape index (κ2) is 8.89. The van der Waals surface area contributed by atoms with Gasteiger partial charge in [0.15, 0.2) is 6.29 Å². The van der Waals surface area contributed by atoms with Crippen LogP contribution in [0, 0.1) is 0 Å².